The molecule has 0 fully saturated rings. The molecule has 28 heavy (non-hydrogen) atoms. The summed E-state index contributed by atoms with van der Waals surface area (Å²) in [5.74, 6) is 1.21. The minimum absolute atomic E-state index is 0.0362. The van der Waals surface area contributed by atoms with E-state index in [1.807, 2.05) is 24.4 Å². The Labute approximate surface area is 164 Å². The molecule has 2 heterocycles. The van der Waals surface area contributed by atoms with Gasteiger partial charge in [0.05, 0.1) is 10.5 Å². The highest BCUT2D eigenvalue weighted by molar-refractivity contribution is 7.10. The van der Waals surface area contributed by atoms with Crippen molar-refractivity contribution >= 4 is 28.9 Å². The lowest BCUT2D eigenvalue weighted by Gasteiger charge is -2.09. The molecule has 6 nitrogen and oxygen atoms in total. The lowest BCUT2D eigenvalue weighted by molar-refractivity contribution is -0.384. The Morgan fingerprint density at radius 2 is 2.00 bits per heavy atom. The quantitative estimate of drug-likeness (QED) is 0.340. The van der Waals surface area contributed by atoms with Crippen molar-refractivity contribution in [3.05, 3.63) is 91.4 Å². The zero-order valence-electron chi connectivity index (χ0n) is 14.9. The van der Waals surface area contributed by atoms with E-state index in [0.29, 0.717) is 22.8 Å². The third-order valence-electron chi connectivity index (χ3n) is 4.31. The highest BCUT2D eigenvalue weighted by Gasteiger charge is 2.30. The Morgan fingerprint density at radius 1 is 1.21 bits per heavy atom. The number of Topliss-reactive ketones (excluding diaryl/α,β-unsaturated/α-hetero) is 1. The van der Waals surface area contributed by atoms with Crippen LogP contribution in [-0.4, -0.2) is 10.7 Å². The Kier molecular flexibility index (Phi) is 4.67. The molecule has 1 aliphatic rings. The topological polar surface area (TPSA) is 78.7 Å². The maximum atomic E-state index is 12.6. The van der Waals surface area contributed by atoms with Gasteiger partial charge in [0, 0.05) is 29.2 Å². The zero-order valence-corrected chi connectivity index (χ0v) is 15.7. The molecular weight excluding hydrogens is 378 g/mol. The Bertz CT molecular complexity index is 1080. The summed E-state index contributed by atoms with van der Waals surface area (Å²) in [5.41, 5.74) is 2.16. The molecule has 0 saturated carbocycles. The number of carbonyl (C=O) groups is 1. The van der Waals surface area contributed by atoms with Crippen molar-refractivity contribution in [3.63, 3.8) is 0 Å². The molecule has 0 radical (unpaired) electrons. The van der Waals surface area contributed by atoms with E-state index < -0.39 is 4.92 Å². The first-order valence-electron chi connectivity index (χ1n) is 8.50. The predicted octanol–water partition coefficient (Wildman–Crippen LogP) is 5.16. The smallest absolute Gasteiger partial charge is 0.269 e. The van der Waals surface area contributed by atoms with Gasteiger partial charge in [-0.05, 0) is 47.7 Å². The van der Waals surface area contributed by atoms with Gasteiger partial charge in [0.25, 0.3) is 5.69 Å². The zero-order chi connectivity index (χ0) is 19.7. The molecule has 0 spiro atoms. The van der Waals surface area contributed by atoms with Gasteiger partial charge in [-0.25, -0.2) is 0 Å². The summed E-state index contributed by atoms with van der Waals surface area (Å²) in [4.78, 5) is 23.9. The number of fused-ring (bicyclic) bond motifs is 1. The van der Waals surface area contributed by atoms with Crippen LogP contribution in [0.15, 0.2) is 59.7 Å². The number of rotatable bonds is 5. The molecule has 140 valence electrons. The van der Waals surface area contributed by atoms with E-state index >= 15 is 0 Å². The summed E-state index contributed by atoms with van der Waals surface area (Å²) in [7, 11) is 0. The SMILES string of the molecule is Cc1cc(OCc2ccc([N+](=O)[O-])cc2)cc2c1C(=O)/C(=C/c1cccs1)O2. The van der Waals surface area contributed by atoms with Gasteiger partial charge in [0.2, 0.25) is 5.78 Å². The molecule has 2 aromatic carbocycles. The van der Waals surface area contributed by atoms with Crippen LogP contribution in [-0.2, 0) is 6.61 Å². The van der Waals surface area contributed by atoms with Crippen LogP contribution < -0.4 is 9.47 Å². The van der Waals surface area contributed by atoms with E-state index in [1.165, 1.54) is 23.5 Å². The minimum Gasteiger partial charge on any atom is -0.489 e. The number of ether oxygens (including phenoxy) is 2. The molecule has 0 unspecified atom stereocenters. The number of benzene rings is 2. The van der Waals surface area contributed by atoms with Gasteiger partial charge < -0.3 is 9.47 Å². The highest BCUT2D eigenvalue weighted by Crippen LogP contribution is 2.38. The second kappa shape index (κ2) is 7.28. The van der Waals surface area contributed by atoms with Crippen molar-refractivity contribution in [1.29, 1.82) is 0 Å². The first-order valence-corrected chi connectivity index (χ1v) is 9.38. The van der Waals surface area contributed by atoms with Crippen molar-refractivity contribution in [2.24, 2.45) is 0 Å². The summed E-state index contributed by atoms with van der Waals surface area (Å²) in [6.07, 6.45) is 1.74. The molecule has 0 N–H and O–H groups in total. The van der Waals surface area contributed by atoms with Gasteiger partial charge in [-0.3, -0.25) is 14.9 Å². The molecule has 0 aliphatic carbocycles. The van der Waals surface area contributed by atoms with Gasteiger partial charge in [-0.2, -0.15) is 0 Å². The molecule has 0 bridgehead atoms. The van der Waals surface area contributed by atoms with E-state index in [9.17, 15) is 14.9 Å². The van der Waals surface area contributed by atoms with Crippen LogP contribution in [0.25, 0.3) is 6.08 Å². The number of nitro groups is 1. The van der Waals surface area contributed by atoms with Crippen LogP contribution in [0.1, 0.15) is 26.4 Å². The van der Waals surface area contributed by atoms with E-state index in [2.05, 4.69) is 0 Å². The molecule has 1 aliphatic heterocycles. The molecule has 0 atom stereocenters. The molecule has 0 amide bonds. The lowest BCUT2D eigenvalue weighted by atomic mass is 10.0. The normalized spacial score (nSPS) is 14.0. The third-order valence-corrected chi connectivity index (χ3v) is 5.13. The maximum Gasteiger partial charge on any atom is 0.269 e. The molecule has 3 aromatic rings. The van der Waals surface area contributed by atoms with Crippen LogP contribution in [0.3, 0.4) is 0 Å². The summed E-state index contributed by atoms with van der Waals surface area (Å²) < 4.78 is 11.6. The van der Waals surface area contributed by atoms with Gasteiger partial charge in [-0.15, -0.1) is 11.3 Å². The molecule has 0 saturated heterocycles. The average molecular weight is 393 g/mol. The van der Waals surface area contributed by atoms with Crippen LogP contribution >= 0.6 is 11.3 Å². The number of hydrogen-bond acceptors (Lipinski definition) is 6. The summed E-state index contributed by atoms with van der Waals surface area (Å²) in [6.45, 7) is 2.09. The fourth-order valence-corrected chi connectivity index (χ4v) is 3.59. The number of carbonyl (C=O) groups excluding carboxylic acids is 1. The maximum absolute atomic E-state index is 12.6. The second-order valence-electron chi connectivity index (χ2n) is 6.28. The number of non-ortho nitro benzene ring substituents is 1. The Morgan fingerprint density at radius 3 is 2.68 bits per heavy atom. The summed E-state index contributed by atoms with van der Waals surface area (Å²) in [6, 6.07) is 13.5. The number of ketones is 1. The first kappa shape index (κ1) is 17.9. The van der Waals surface area contributed by atoms with Crippen molar-refractivity contribution in [3.8, 4) is 11.5 Å². The number of allylic oxidation sites excluding steroid dienone is 1. The van der Waals surface area contributed by atoms with Gasteiger partial charge in [0.1, 0.15) is 18.1 Å². The standard InChI is InChI=1S/C21H15NO5S/c1-13-9-16(26-12-14-4-6-15(7-5-14)22(24)25)10-18-20(13)21(23)19(27-18)11-17-3-2-8-28-17/h2-11H,12H2,1H3/b19-11-. The summed E-state index contributed by atoms with van der Waals surface area (Å²) >= 11 is 1.53. The van der Waals surface area contributed by atoms with E-state index in [1.54, 1.807) is 30.3 Å². The van der Waals surface area contributed by atoms with Gasteiger partial charge >= 0.3 is 0 Å². The lowest BCUT2D eigenvalue weighted by Crippen LogP contribution is -2.00. The van der Waals surface area contributed by atoms with Crippen LogP contribution in [0.2, 0.25) is 0 Å². The van der Waals surface area contributed by atoms with Crippen LogP contribution in [0, 0.1) is 17.0 Å². The van der Waals surface area contributed by atoms with Crippen molar-refractivity contribution < 1.29 is 19.2 Å². The highest BCUT2D eigenvalue weighted by atomic mass is 32.1. The summed E-state index contributed by atoms with van der Waals surface area (Å²) in [5, 5.41) is 12.7. The van der Waals surface area contributed by atoms with Crippen molar-refractivity contribution in [2.75, 3.05) is 0 Å². The first-order chi connectivity index (χ1) is 13.5. The molecule has 7 heteroatoms. The Balaban J connectivity index is 1.52. The predicted molar refractivity (Wildman–Crippen MR) is 106 cm³/mol. The number of nitro benzene ring substituents is 1. The number of thiophene rings is 1. The Hall–Kier alpha value is -3.45. The van der Waals surface area contributed by atoms with Gasteiger partial charge in [-0.1, -0.05) is 6.07 Å². The third kappa shape index (κ3) is 3.52. The second-order valence-corrected chi connectivity index (χ2v) is 7.26. The van der Waals surface area contributed by atoms with E-state index in [4.69, 9.17) is 9.47 Å². The van der Waals surface area contributed by atoms with Crippen molar-refractivity contribution in [1.82, 2.24) is 0 Å². The monoisotopic (exact) mass is 393 g/mol. The number of aryl methyl sites for hydroxylation is 1. The van der Waals surface area contributed by atoms with Crippen molar-refractivity contribution in [2.45, 2.75) is 13.5 Å². The molecule has 4 rings (SSSR count). The van der Waals surface area contributed by atoms with E-state index in [-0.39, 0.29) is 18.1 Å². The van der Waals surface area contributed by atoms with E-state index in [0.717, 1.165) is 16.0 Å². The van der Waals surface area contributed by atoms with Crippen LogP contribution in [0.5, 0.6) is 11.5 Å². The molecule has 1 aromatic heterocycles. The minimum atomic E-state index is -0.440. The number of nitrogens with zero attached hydrogens (tertiary/aromatic N) is 1. The molecular formula is C21H15NO5S. The largest absolute Gasteiger partial charge is 0.489 e. The average Bonchev–Trinajstić information content (AvgIpc) is 3.29. The fraction of sp³-hybridized carbons (Fsp3) is 0.0952. The fourth-order valence-electron chi connectivity index (χ4n) is 2.94. The van der Waals surface area contributed by atoms with Crippen LogP contribution in [0.4, 0.5) is 5.69 Å². The van der Waals surface area contributed by atoms with Gasteiger partial charge in [0.15, 0.2) is 5.76 Å². The number of hydrogen-bond donors (Lipinski definition) is 0.